The lowest BCUT2D eigenvalue weighted by Crippen LogP contribution is -2.41. The summed E-state index contributed by atoms with van der Waals surface area (Å²) in [5, 5.41) is 12.0. The molecule has 1 atom stereocenters. The minimum Gasteiger partial charge on any atom is -0.381 e. The van der Waals surface area contributed by atoms with Gasteiger partial charge in [0.25, 0.3) is 0 Å². The van der Waals surface area contributed by atoms with Gasteiger partial charge in [0, 0.05) is 30.2 Å². The van der Waals surface area contributed by atoms with Gasteiger partial charge in [-0.25, -0.2) is 0 Å². The summed E-state index contributed by atoms with van der Waals surface area (Å²) in [7, 11) is 0. The number of aryl methyl sites for hydroxylation is 1. The molecule has 0 aliphatic carbocycles. The molecule has 124 valence electrons. The van der Waals surface area contributed by atoms with Crippen molar-refractivity contribution in [2.45, 2.75) is 32.4 Å². The van der Waals surface area contributed by atoms with Crippen LogP contribution in [0.2, 0.25) is 0 Å². The zero-order valence-electron chi connectivity index (χ0n) is 14.1. The summed E-state index contributed by atoms with van der Waals surface area (Å²) in [5.41, 5.74) is 5.03. The molecule has 1 aliphatic rings. The van der Waals surface area contributed by atoms with Crippen molar-refractivity contribution < 1.29 is 0 Å². The summed E-state index contributed by atoms with van der Waals surface area (Å²) in [4.78, 5) is 2.56. The molecule has 0 spiro atoms. The third-order valence-corrected chi connectivity index (χ3v) is 4.81. The first-order valence-corrected chi connectivity index (χ1v) is 8.74. The number of aromatic amines is 1. The number of rotatable bonds is 4. The van der Waals surface area contributed by atoms with Gasteiger partial charge in [0.15, 0.2) is 0 Å². The number of piperidine rings is 1. The molecule has 24 heavy (non-hydrogen) atoms. The maximum absolute atomic E-state index is 4.09. The number of nitrogens with zero attached hydrogens (tertiary/aromatic N) is 2. The van der Waals surface area contributed by atoms with E-state index in [2.05, 4.69) is 69.8 Å². The minimum atomic E-state index is 0.507. The molecule has 4 rings (SSSR count). The van der Waals surface area contributed by atoms with E-state index < -0.39 is 0 Å². The lowest BCUT2D eigenvalue weighted by molar-refractivity contribution is 0.208. The highest BCUT2D eigenvalue weighted by atomic mass is 15.2. The van der Waals surface area contributed by atoms with Gasteiger partial charge < -0.3 is 5.32 Å². The predicted molar refractivity (Wildman–Crippen MR) is 99.2 cm³/mol. The van der Waals surface area contributed by atoms with Crippen LogP contribution < -0.4 is 5.32 Å². The normalized spacial score (nSPS) is 18.8. The van der Waals surface area contributed by atoms with Gasteiger partial charge >= 0.3 is 0 Å². The smallest absolute Gasteiger partial charge is 0.0651 e. The zero-order chi connectivity index (χ0) is 16.4. The van der Waals surface area contributed by atoms with Crippen LogP contribution in [0.15, 0.2) is 48.7 Å². The number of hydrogen-bond donors (Lipinski definition) is 2. The van der Waals surface area contributed by atoms with Gasteiger partial charge in [-0.1, -0.05) is 29.8 Å². The molecule has 1 aliphatic heterocycles. The number of hydrogen-bond acceptors (Lipinski definition) is 3. The van der Waals surface area contributed by atoms with Crippen molar-refractivity contribution in [1.29, 1.82) is 0 Å². The number of aromatic nitrogens is 2. The standard InChI is InChI=1S/C20H24N4/c1-15-4-2-5-16(10-15)13-24-9-3-6-19(14-24)22-18-7-8-20-17(11-18)12-21-23-20/h2,4-5,7-8,10-12,19,22H,3,6,9,13-14H2,1H3,(H,21,23). The molecule has 4 heteroatoms. The number of benzene rings is 2. The molecule has 3 aromatic rings. The minimum absolute atomic E-state index is 0.507. The summed E-state index contributed by atoms with van der Waals surface area (Å²) in [5.74, 6) is 0. The molecule has 2 aromatic carbocycles. The lowest BCUT2D eigenvalue weighted by Gasteiger charge is -2.33. The van der Waals surface area contributed by atoms with Crippen molar-refractivity contribution in [3.63, 3.8) is 0 Å². The van der Waals surface area contributed by atoms with Crippen molar-refractivity contribution in [2.75, 3.05) is 18.4 Å². The monoisotopic (exact) mass is 320 g/mol. The van der Waals surface area contributed by atoms with Crippen LogP contribution in [-0.2, 0) is 6.54 Å². The molecular formula is C20H24N4. The van der Waals surface area contributed by atoms with Crippen LogP contribution in [0.4, 0.5) is 5.69 Å². The largest absolute Gasteiger partial charge is 0.381 e. The van der Waals surface area contributed by atoms with Gasteiger partial charge in [-0.3, -0.25) is 10.00 Å². The first kappa shape index (κ1) is 15.2. The Morgan fingerprint density at radius 2 is 2.21 bits per heavy atom. The molecule has 0 bridgehead atoms. The summed E-state index contributed by atoms with van der Waals surface area (Å²) >= 11 is 0. The highest BCUT2D eigenvalue weighted by Gasteiger charge is 2.20. The van der Waals surface area contributed by atoms with E-state index in [-0.39, 0.29) is 0 Å². The average Bonchev–Trinajstić information content (AvgIpc) is 3.03. The lowest BCUT2D eigenvalue weighted by atomic mass is 10.0. The number of anilines is 1. The Hall–Kier alpha value is -2.33. The van der Waals surface area contributed by atoms with Crippen LogP contribution in [-0.4, -0.2) is 34.2 Å². The predicted octanol–water partition coefficient (Wildman–Crippen LogP) is 3.95. The molecule has 1 unspecified atom stereocenters. The molecule has 0 amide bonds. The van der Waals surface area contributed by atoms with Crippen LogP contribution in [0.5, 0.6) is 0 Å². The number of nitrogens with one attached hydrogen (secondary N) is 2. The molecular weight excluding hydrogens is 296 g/mol. The van der Waals surface area contributed by atoms with Gasteiger partial charge in [0.05, 0.1) is 11.7 Å². The highest BCUT2D eigenvalue weighted by molar-refractivity contribution is 5.81. The molecule has 0 radical (unpaired) electrons. The zero-order valence-corrected chi connectivity index (χ0v) is 14.1. The number of likely N-dealkylation sites (tertiary alicyclic amines) is 1. The summed E-state index contributed by atoms with van der Waals surface area (Å²) < 4.78 is 0. The molecule has 1 saturated heterocycles. The first-order valence-electron chi connectivity index (χ1n) is 8.74. The second-order valence-corrected chi connectivity index (χ2v) is 6.88. The van der Waals surface area contributed by atoms with Crippen LogP contribution in [0, 0.1) is 6.92 Å². The quantitative estimate of drug-likeness (QED) is 0.765. The Labute approximate surface area is 142 Å². The van der Waals surface area contributed by atoms with Gasteiger partial charge in [-0.15, -0.1) is 0 Å². The van der Waals surface area contributed by atoms with E-state index in [0.717, 1.165) is 24.0 Å². The number of H-pyrrole nitrogens is 1. The molecule has 1 fully saturated rings. The van der Waals surface area contributed by atoms with E-state index in [1.807, 2.05) is 6.20 Å². The van der Waals surface area contributed by atoms with Crippen LogP contribution in [0.3, 0.4) is 0 Å². The van der Waals surface area contributed by atoms with E-state index in [9.17, 15) is 0 Å². The Morgan fingerprint density at radius 3 is 3.12 bits per heavy atom. The Morgan fingerprint density at radius 1 is 1.25 bits per heavy atom. The van der Waals surface area contributed by atoms with E-state index >= 15 is 0 Å². The maximum atomic E-state index is 4.09. The van der Waals surface area contributed by atoms with Crippen molar-refractivity contribution in [3.8, 4) is 0 Å². The van der Waals surface area contributed by atoms with Crippen molar-refractivity contribution in [1.82, 2.24) is 15.1 Å². The fourth-order valence-electron chi connectivity index (χ4n) is 3.65. The van der Waals surface area contributed by atoms with E-state index in [0.29, 0.717) is 6.04 Å². The number of fused-ring (bicyclic) bond motifs is 1. The van der Waals surface area contributed by atoms with E-state index in [1.165, 1.54) is 36.2 Å². The van der Waals surface area contributed by atoms with Crippen LogP contribution >= 0.6 is 0 Å². The SMILES string of the molecule is Cc1cccc(CN2CCCC(Nc3ccc4[nH]ncc4c3)C2)c1. The van der Waals surface area contributed by atoms with Gasteiger partial charge in [0.2, 0.25) is 0 Å². The van der Waals surface area contributed by atoms with E-state index in [4.69, 9.17) is 0 Å². The van der Waals surface area contributed by atoms with Crippen LogP contribution in [0.1, 0.15) is 24.0 Å². The second-order valence-electron chi connectivity index (χ2n) is 6.88. The van der Waals surface area contributed by atoms with Gasteiger partial charge in [-0.2, -0.15) is 5.10 Å². The summed E-state index contributed by atoms with van der Waals surface area (Å²) in [6.07, 6.45) is 4.36. The third-order valence-electron chi connectivity index (χ3n) is 4.81. The van der Waals surface area contributed by atoms with E-state index in [1.54, 1.807) is 0 Å². The Bertz CT molecular complexity index is 823. The fourth-order valence-corrected chi connectivity index (χ4v) is 3.65. The molecule has 1 aromatic heterocycles. The molecule has 0 saturated carbocycles. The Kier molecular flexibility index (Phi) is 4.22. The van der Waals surface area contributed by atoms with Crippen molar-refractivity contribution in [3.05, 3.63) is 59.8 Å². The summed E-state index contributed by atoms with van der Waals surface area (Å²) in [6.45, 7) is 5.49. The van der Waals surface area contributed by atoms with Crippen LogP contribution in [0.25, 0.3) is 10.9 Å². The third kappa shape index (κ3) is 3.44. The maximum Gasteiger partial charge on any atom is 0.0651 e. The van der Waals surface area contributed by atoms with Crippen molar-refractivity contribution >= 4 is 16.6 Å². The van der Waals surface area contributed by atoms with Gasteiger partial charge in [-0.05, 0) is 50.1 Å². The van der Waals surface area contributed by atoms with Gasteiger partial charge in [0.1, 0.15) is 0 Å². The highest BCUT2D eigenvalue weighted by Crippen LogP contribution is 2.21. The second kappa shape index (κ2) is 6.65. The average molecular weight is 320 g/mol. The van der Waals surface area contributed by atoms with Crippen molar-refractivity contribution in [2.24, 2.45) is 0 Å². The molecule has 4 nitrogen and oxygen atoms in total. The fraction of sp³-hybridized carbons (Fsp3) is 0.350. The Balaban J connectivity index is 1.40. The first-order chi connectivity index (χ1) is 11.8. The molecule has 2 heterocycles. The molecule has 2 N–H and O–H groups in total. The topological polar surface area (TPSA) is 44.0 Å². The summed E-state index contributed by atoms with van der Waals surface area (Å²) in [6, 6.07) is 15.8.